The minimum atomic E-state index is -0.660. The number of aliphatic carboxylic acids is 1. The second-order valence-electron chi connectivity index (χ2n) is 7.61. The van der Waals surface area contributed by atoms with E-state index in [4.69, 9.17) is 0 Å². The lowest BCUT2D eigenvalue weighted by Crippen LogP contribution is -2.48. The number of anilines is 1. The maximum Gasteiger partial charge on any atom is 0.314 e. The van der Waals surface area contributed by atoms with Gasteiger partial charge in [0.25, 0.3) is 0 Å². The lowest BCUT2D eigenvalue weighted by Gasteiger charge is -2.38. The van der Waals surface area contributed by atoms with E-state index in [1.807, 2.05) is 0 Å². The molecule has 1 heterocycles. The Morgan fingerprint density at radius 3 is 2.08 bits per heavy atom. The highest BCUT2D eigenvalue weighted by Gasteiger charge is 2.41. The van der Waals surface area contributed by atoms with Crippen molar-refractivity contribution in [1.82, 2.24) is 4.90 Å². The molecule has 1 N–H and O–H groups in total. The molecule has 0 aromatic heterocycles. The molecule has 0 atom stereocenters. The maximum absolute atomic E-state index is 11.9. The molecule has 1 aromatic rings. The fourth-order valence-corrected chi connectivity index (χ4v) is 4.27. The average molecular weight is 330 g/mol. The first-order chi connectivity index (χ1) is 11.5. The van der Waals surface area contributed by atoms with Crippen molar-refractivity contribution in [3.63, 3.8) is 0 Å². The van der Waals surface area contributed by atoms with E-state index in [0.29, 0.717) is 6.04 Å². The first kappa shape index (κ1) is 17.3. The van der Waals surface area contributed by atoms with Gasteiger partial charge in [-0.2, -0.15) is 0 Å². The van der Waals surface area contributed by atoms with Crippen molar-refractivity contribution in [3.05, 3.63) is 29.8 Å². The van der Waals surface area contributed by atoms with E-state index < -0.39 is 11.4 Å². The SMILES string of the molecule is CC(C)N1CCN(c2ccc(C3(C(=O)O)CCCCC3)cc2)CC1. The van der Waals surface area contributed by atoms with E-state index in [1.54, 1.807) is 0 Å². The van der Waals surface area contributed by atoms with Gasteiger partial charge in [-0.1, -0.05) is 31.4 Å². The summed E-state index contributed by atoms with van der Waals surface area (Å²) >= 11 is 0. The van der Waals surface area contributed by atoms with Crippen molar-refractivity contribution < 1.29 is 9.90 Å². The Labute approximate surface area is 145 Å². The van der Waals surface area contributed by atoms with Gasteiger partial charge in [-0.25, -0.2) is 0 Å². The molecule has 1 aliphatic heterocycles. The van der Waals surface area contributed by atoms with Crippen molar-refractivity contribution in [1.29, 1.82) is 0 Å². The molecule has 1 saturated heterocycles. The molecule has 2 fully saturated rings. The molecular weight excluding hydrogens is 300 g/mol. The highest BCUT2D eigenvalue weighted by Crippen LogP contribution is 2.40. The lowest BCUT2D eigenvalue weighted by atomic mass is 9.69. The van der Waals surface area contributed by atoms with Gasteiger partial charge in [-0.05, 0) is 44.4 Å². The van der Waals surface area contributed by atoms with Gasteiger partial charge in [0.1, 0.15) is 0 Å². The Kier molecular flexibility index (Phi) is 5.14. The first-order valence-electron chi connectivity index (χ1n) is 9.36. The lowest BCUT2D eigenvalue weighted by molar-refractivity contribution is -0.145. The van der Waals surface area contributed by atoms with Crippen LogP contribution in [0.3, 0.4) is 0 Å². The van der Waals surface area contributed by atoms with Crippen molar-refractivity contribution in [3.8, 4) is 0 Å². The number of carboxylic acids is 1. The standard InChI is InChI=1S/C20H30N2O2/c1-16(2)21-12-14-22(15-13-21)18-8-6-17(7-9-18)20(19(23)24)10-4-3-5-11-20/h6-9,16H,3-5,10-15H2,1-2H3,(H,23,24). The van der Waals surface area contributed by atoms with Gasteiger partial charge >= 0.3 is 5.97 Å². The van der Waals surface area contributed by atoms with Crippen molar-refractivity contribution in [2.24, 2.45) is 0 Å². The van der Waals surface area contributed by atoms with Crippen molar-refractivity contribution >= 4 is 11.7 Å². The molecule has 1 saturated carbocycles. The van der Waals surface area contributed by atoms with Crippen LogP contribution in [0.2, 0.25) is 0 Å². The molecule has 4 nitrogen and oxygen atoms in total. The van der Waals surface area contributed by atoms with Crippen LogP contribution >= 0.6 is 0 Å². The topological polar surface area (TPSA) is 43.8 Å². The van der Waals surface area contributed by atoms with Gasteiger partial charge in [0.2, 0.25) is 0 Å². The molecule has 1 aliphatic carbocycles. The number of piperazine rings is 1. The maximum atomic E-state index is 11.9. The van der Waals surface area contributed by atoms with E-state index in [2.05, 4.69) is 47.9 Å². The molecular formula is C20H30N2O2. The summed E-state index contributed by atoms with van der Waals surface area (Å²) in [6, 6.07) is 8.98. The normalized spacial score (nSPS) is 21.9. The molecule has 4 heteroatoms. The smallest absolute Gasteiger partial charge is 0.314 e. The number of hydrogen-bond donors (Lipinski definition) is 1. The van der Waals surface area contributed by atoms with Crippen LogP contribution in [0.15, 0.2) is 24.3 Å². The fraction of sp³-hybridized carbons (Fsp3) is 0.650. The minimum absolute atomic E-state index is 0.608. The predicted molar refractivity (Wildman–Crippen MR) is 97.8 cm³/mol. The summed E-state index contributed by atoms with van der Waals surface area (Å²) in [5.74, 6) is -0.652. The highest BCUT2D eigenvalue weighted by atomic mass is 16.4. The van der Waals surface area contributed by atoms with E-state index >= 15 is 0 Å². The van der Waals surface area contributed by atoms with Gasteiger partial charge in [0.05, 0.1) is 5.41 Å². The van der Waals surface area contributed by atoms with Gasteiger partial charge in [-0.3, -0.25) is 9.69 Å². The summed E-state index contributed by atoms with van der Waals surface area (Å²) in [4.78, 5) is 16.9. The zero-order valence-corrected chi connectivity index (χ0v) is 15.0. The Hall–Kier alpha value is -1.55. The second-order valence-corrected chi connectivity index (χ2v) is 7.61. The van der Waals surface area contributed by atoms with Crippen LogP contribution in [0.25, 0.3) is 0 Å². The molecule has 0 spiro atoms. The summed E-state index contributed by atoms with van der Waals surface area (Å²) in [6.45, 7) is 8.78. The third kappa shape index (κ3) is 3.30. The van der Waals surface area contributed by atoms with Crippen LogP contribution in [0, 0.1) is 0 Å². The van der Waals surface area contributed by atoms with Crippen LogP contribution in [0.5, 0.6) is 0 Å². The van der Waals surface area contributed by atoms with Crippen LogP contribution in [-0.4, -0.2) is 48.2 Å². The van der Waals surface area contributed by atoms with Crippen molar-refractivity contribution in [2.45, 2.75) is 57.4 Å². The quantitative estimate of drug-likeness (QED) is 0.917. The van der Waals surface area contributed by atoms with E-state index in [0.717, 1.165) is 63.8 Å². The molecule has 132 valence electrons. The molecule has 0 radical (unpaired) electrons. The number of rotatable bonds is 4. The highest BCUT2D eigenvalue weighted by molar-refractivity contribution is 5.81. The van der Waals surface area contributed by atoms with Gasteiger partial charge < -0.3 is 10.0 Å². The summed E-state index contributed by atoms with van der Waals surface area (Å²) in [6.07, 6.45) is 4.74. The van der Waals surface area contributed by atoms with Crippen LogP contribution in [0.1, 0.15) is 51.5 Å². The molecule has 0 amide bonds. The minimum Gasteiger partial charge on any atom is -0.481 e. The average Bonchev–Trinajstić information content (AvgIpc) is 2.62. The predicted octanol–water partition coefficient (Wildman–Crippen LogP) is 3.50. The Morgan fingerprint density at radius 2 is 1.58 bits per heavy atom. The summed E-state index contributed by atoms with van der Waals surface area (Å²) in [7, 11) is 0. The number of hydrogen-bond acceptors (Lipinski definition) is 3. The molecule has 0 bridgehead atoms. The summed E-state index contributed by atoms with van der Waals surface area (Å²) in [5.41, 5.74) is 1.55. The fourth-order valence-electron chi connectivity index (χ4n) is 4.27. The zero-order chi connectivity index (χ0) is 17.2. The molecule has 2 aliphatic rings. The number of carbonyl (C=O) groups is 1. The zero-order valence-electron chi connectivity index (χ0n) is 15.0. The third-order valence-electron chi connectivity index (χ3n) is 5.95. The Morgan fingerprint density at radius 1 is 1.00 bits per heavy atom. The van der Waals surface area contributed by atoms with Gasteiger partial charge in [0.15, 0.2) is 0 Å². The van der Waals surface area contributed by atoms with Gasteiger partial charge in [0, 0.05) is 37.9 Å². The molecule has 1 aromatic carbocycles. The van der Waals surface area contributed by atoms with E-state index in [-0.39, 0.29) is 0 Å². The van der Waals surface area contributed by atoms with Crippen molar-refractivity contribution in [2.75, 3.05) is 31.1 Å². The van der Waals surface area contributed by atoms with Crippen LogP contribution < -0.4 is 4.90 Å². The Bertz CT molecular complexity index is 554. The molecule has 3 rings (SSSR count). The number of carboxylic acid groups (broad SMARTS) is 1. The summed E-state index contributed by atoms with van der Waals surface area (Å²) in [5, 5.41) is 9.83. The molecule has 24 heavy (non-hydrogen) atoms. The van der Waals surface area contributed by atoms with Crippen LogP contribution in [0.4, 0.5) is 5.69 Å². The van der Waals surface area contributed by atoms with E-state index in [9.17, 15) is 9.90 Å². The molecule has 0 unspecified atom stereocenters. The monoisotopic (exact) mass is 330 g/mol. The van der Waals surface area contributed by atoms with Crippen LogP contribution in [-0.2, 0) is 10.2 Å². The third-order valence-corrected chi connectivity index (χ3v) is 5.95. The summed E-state index contributed by atoms with van der Waals surface area (Å²) < 4.78 is 0. The number of nitrogens with zero attached hydrogens (tertiary/aromatic N) is 2. The Balaban J connectivity index is 1.72. The van der Waals surface area contributed by atoms with E-state index in [1.165, 1.54) is 5.69 Å². The first-order valence-corrected chi connectivity index (χ1v) is 9.36. The van der Waals surface area contributed by atoms with Gasteiger partial charge in [-0.15, -0.1) is 0 Å². The largest absolute Gasteiger partial charge is 0.481 e. The number of benzene rings is 1. The second kappa shape index (κ2) is 7.14.